The minimum atomic E-state index is -0.168. The van der Waals surface area contributed by atoms with Gasteiger partial charge in [0.2, 0.25) is 0 Å². The predicted molar refractivity (Wildman–Crippen MR) is 85.4 cm³/mol. The Balaban J connectivity index is 2.25. The Bertz CT molecular complexity index is 641. The average Bonchev–Trinajstić information content (AvgIpc) is 2.32. The van der Waals surface area contributed by atoms with Gasteiger partial charge in [0, 0.05) is 14.5 Å². The van der Waals surface area contributed by atoms with Crippen molar-refractivity contribution in [2.45, 2.75) is 6.92 Å². The van der Waals surface area contributed by atoms with E-state index >= 15 is 0 Å². The molecule has 5 heteroatoms. The van der Waals surface area contributed by atoms with Crippen molar-refractivity contribution < 1.29 is 4.79 Å². The topological polar surface area (TPSA) is 55.1 Å². The first-order valence-corrected chi connectivity index (χ1v) is 7.18. The van der Waals surface area contributed by atoms with Crippen molar-refractivity contribution >= 4 is 49.1 Å². The minimum Gasteiger partial charge on any atom is -0.397 e. The molecular weight excluding hydrogens is 372 g/mol. The molecule has 1 amide bonds. The Morgan fingerprint density at radius 2 is 1.74 bits per heavy atom. The molecule has 0 bridgehead atoms. The number of halogens is 2. The zero-order valence-corrected chi connectivity index (χ0v) is 13.4. The monoisotopic (exact) mass is 382 g/mol. The number of nitrogens with two attached hydrogens (primary N) is 1. The van der Waals surface area contributed by atoms with Gasteiger partial charge >= 0.3 is 0 Å². The first-order chi connectivity index (χ1) is 8.97. The second-order valence-electron chi connectivity index (χ2n) is 4.14. The Kier molecular flexibility index (Phi) is 4.27. The van der Waals surface area contributed by atoms with Gasteiger partial charge in [-0.2, -0.15) is 0 Å². The van der Waals surface area contributed by atoms with Crippen LogP contribution in [0.1, 0.15) is 15.9 Å². The molecule has 98 valence electrons. The third kappa shape index (κ3) is 3.36. The lowest BCUT2D eigenvalue weighted by atomic mass is 10.1. The van der Waals surface area contributed by atoms with Crippen LogP contribution in [0.4, 0.5) is 11.4 Å². The Hall–Kier alpha value is -1.33. The Labute approximate surface area is 128 Å². The number of nitrogens with one attached hydrogen (secondary N) is 1. The first kappa shape index (κ1) is 14.1. The number of benzene rings is 2. The summed E-state index contributed by atoms with van der Waals surface area (Å²) in [6.07, 6.45) is 0. The lowest BCUT2D eigenvalue weighted by Gasteiger charge is -2.10. The van der Waals surface area contributed by atoms with Crippen molar-refractivity contribution in [3.05, 3.63) is 56.5 Å². The highest BCUT2D eigenvalue weighted by Gasteiger charge is 2.11. The number of amides is 1. The van der Waals surface area contributed by atoms with E-state index in [-0.39, 0.29) is 5.91 Å². The predicted octanol–water partition coefficient (Wildman–Crippen LogP) is 4.35. The first-order valence-electron chi connectivity index (χ1n) is 5.60. The van der Waals surface area contributed by atoms with Crippen LogP contribution in [0.3, 0.4) is 0 Å². The van der Waals surface area contributed by atoms with Crippen molar-refractivity contribution in [1.82, 2.24) is 0 Å². The van der Waals surface area contributed by atoms with Crippen molar-refractivity contribution in [2.75, 3.05) is 11.1 Å². The van der Waals surface area contributed by atoms with Gasteiger partial charge in [-0.25, -0.2) is 0 Å². The lowest BCUT2D eigenvalue weighted by Crippen LogP contribution is -2.14. The van der Waals surface area contributed by atoms with Gasteiger partial charge < -0.3 is 11.1 Å². The lowest BCUT2D eigenvalue weighted by molar-refractivity contribution is 0.102. The van der Waals surface area contributed by atoms with Crippen molar-refractivity contribution in [3.8, 4) is 0 Å². The molecule has 0 aliphatic rings. The van der Waals surface area contributed by atoms with Crippen molar-refractivity contribution in [3.63, 3.8) is 0 Å². The van der Waals surface area contributed by atoms with Crippen LogP contribution in [-0.2, 0) is 0 Å². The smallest absolute Gasteiger partial charge is 0.255 e. The molecule has 19 heavy (non-hydrogen) atoms. The van der Waals surface area contributed by atoms with E-state index < -0.39 is 0 Å². The van der Waals surface area contributed by atoms with Crippen LogP contribution < -0.4 is 11.1 Å². The highest BCUT2D eigenvalue weighted by molar-refractivity contribution is 9.10. The fourth-order valence-electron chi connectivity index (χ4n) is 1.72. The summed E-state index contributed by atoms with van der Waals surface area (Å²) in [7, 11) is 0. The van der Waals surface area contributed by atoms with Crippen LogP contribution in [0.2, 0.25) is 0 Å². The van der Waals surface area contributed by atoms with E-state index in [1.165, 1.54) is 0 Å². The van der Waals surface area contributed by atoms with Gasteiger partial charge in [-0.15, -0.1) is 0 Å². The number of carbonyl (C=O) groups is 1. The number of aryl methyl sites for hydroxylation is 1. The number of nitrogen functional groups attached to an aromatic ring is 1. The molecule has 0 fully saturated rings. The molecular formula is C14H12Br2N2O. The fraction of sp³-hybridized carbons (Fsp3) is 0.0714. The van der Waals surface area contributed by atoms with E-state index in [9.17, 15) is 4.79 Å². The fourth-order valence-corrected chi connectivity index (χ4v) is 2.57. The molecule has 3 nitrogen and oxygen atoms in total. The minimum absolute atomic E-state index is 0.168. The maximum absolute atomic E-state index is 12.2. The number of hydrogen-bond acceptors (Lipinski definition) is 2. The molecule has 0 unspecified atom stereocenters. The molecule has 0 aliphatic heterocycles. The van der Waals surface area contributed by atoms with Gasteiger partial charge in [0.15, 0.2) is 0 Å². The van der Waals surface area contributed by atoms with Gasteiger partial charge in [-0.3, -0.25) is 4.79 Å². The number of hydrogen-bond donors (Lipinski definition) is 2. The van der Waals surface area contributed by atoms with Gasteiger partial charge in [0.25, 0.3) is 5.91 Å². The van der Waals surface area contributed by atoms with Crippen molar-refractivity contribution in [2.24, 2.45) is 0 Å². The highest BCUT2D eigenvalue weighted by atomic mass is 79.9. The van der Waals surface area contributed by atoms with Gasteiger partial charge in [0.05, 0.1) is 11.4 Å². The SMILES string of the molecule is Cc1cc(Br)ccc1C(=O)Nc1ccc(Br)cc1N. The Morgan fingerprint density at radius 1 is 1.11 bits per heavy atom. The number of carbonyl (C=O) groups excluding carboxylic acids is 1. The number of rotatable bonds is 2. The summed E-state index contributed by atoms with van der Waals surface area (Å²) in [4.78, 5) is 12.2. The summed E-state index contributed by atoms with van der Waals surface area (Å²) in [5.74, 6) is -0.168. The summed E-state index contributed by atoms with van der Waals surface area (Å²) >= 11 is 6.70. The molecule has 0 saturated carbocycles. The van der Waals surface area contributed by atoms with Gasteiger partial charge in [-0.1, -0.05) is 31.9 Å². The second kappa shape index (κ2) is 5.75. The summed E-state index contributed by atoms with van der Waals surface area (Å²) in [6.45, 7) is 1.89. The molecule has 0 radical (unpaired) electrons. The van der Waals surface area contributed by atoms with Gasteiger partial charge in [-0.05, 0) is 48.9 Å². The average molecular weight is 384 g/mol. The van der Waals surface area contributed by atoms with Crippen LogP contribution in [0, 0.1) is 6.92 Å². The van der Waals surface area contributed by atoms with Crippen LogP contribution in [0.25, 0.3) is 0 Å². The maximum Gasteiger partial charge on any atom is 0.255 e. The van der Waals surface area contributed by atoms with Gasteiger partial charge in [0.1, 0.15) is 0 Å². The van der Waals surface area contributed by atoms with E-state index in [0.717, 1.165) is 14.5 Å². The van der Waals surface area contributed by atoms with Crippen LogP contribution in [0.15, 0.2) is 45.3 Å². The quantitative estimate of drug-likeness (QED) is 0.757. The molecule has 0 aromatic heterocycles. The molecule has 0 atom stereocenters. The zero-order chi connectivity index (χ0) is 14.0. The molecule has 0 saturated heterocycles. The third-order valence-electron chi connectivity index (χ3n) is 2.69. The number of anilines is 2. The normalized spacial score (nSPS) is 10.3. The molecule has 2 aromatic rings. The molecule has 2 rings (SSSR count). The van der Waals surface area contributed by atoms with Crippen LogP contribution in [0.5, 0.6) is 0 Å². The molecule has 0 heterocycles. The summed E-state index contributed by atoms with van der Waals surface area (Å²) in [5, 5.41) is 2.81. The summed E-state index contributed by atoms with van der Waals surface area (Å²) in [6, 6.07) is 10.9. The van der Waals surface area contributed by atoms with E-state index in [0.29, 0.717) is 16.9 Å². The summed E-state index contributed by atoms with van der Waals surface area (Å²) in [5.41, 5.74) is 8.53. The van der Waals surface area contributed by atoms with Crippen LogP contribution >= 0.6 is 31.9 Å². The van der Waals surface area contributed by atoms with Crippen LogP contribution in [-0.4, -0.2) is 5.91 Å². The zero-order valence-electron chi connectivity index (χ0n) is 10.2. The molecule has 3 N–H and O–H groups in total. The van der Waals surface area contributed by atoms with E-state index in [2.05, 4.69) is 37.2 Å². The Morgan fingerprint density at radius 3 is 2.37 bits per heavy atom. The molecule has 0 aliphatic carbocycles. The molecule has 0 spiro atoms. The van der Waals surface area contributed by atoms with E-state index in [1.807, 2.05) is 25.1 Å². The molecule has 2 aromatic carbocycles. The van der Waals surface area contributed by atoms with E-state index in [1.54, 1.807) is 18.2 Å². The standard InChI is InChI=1S/C14H12Br2N2O/c1-8-6-9(15)2-4-11(8)14(19)18-13-5-3-10(16)7-12(13)17/h2-7H,17H2,1H3,(H,18,19). The summed E-state index contributed by atoms with van der Waals surface area (Å²) < 4.78 is 1.83. The largest absolute Gasteiger partial charge is 0.397 e. The highest BCUT2D eigenvalue weighted by Crippen LogP contribution is 2.24. The third-order valence-corrected chi connectivity index (χ3v) is 3.68. The van der Waals surface area contributed by atoms with Crippen molar-refractivity contribution in [1.29, 1.82) is 0 Å². The van der Waals surface area contributed by atoms with E-state index in [4.69, 9.17) is 5.73 Å². The maximum atomic E-state index is 12.2. The second-order valence-corrected chi connectivity index (χ2v) is 5.98.